The molecule has 9 heteroatoms. The number of amides is 1. The molecule has 3 heterocycles. The van der Waals surface area contributed by atoms with Crippen LogP contribution in [0.3, 0.4) is 0 Å². The van der Waals surface area contributed by atoms with Crippen molar-refractivity contribution in [1.82, 2.24) is 9.88 Å². The van der Waals surface area contributed by atoms with Gasteiger partial charge in [0.05, 0.1) is 18.9 Å². The molecule has 2 aliphatic heterocycles. The molecular formula is C28H22ClF2N3O3. The molecule has 0 aliphatic carbocycles. The van der Waals surface area contributed by atoms with Gasteiger partial charge in [-0.05, 0) is 53.9 Å². The number of halogens is 3. The molecule has 4 aromatic rings. The lowest BCUT2D eigenvalue weighted by atomic mass is 9.72. The topological polar surface area (TPSA) is 74.4 Å². The first-order valence-corrected chi connectivity index (χ1v) is 12.2. The molecule has 188 valence electrons. The van der Waals surface area contributed by atoms with Crippen molar-refractivity contribution in [2.24, 2.45) is 0 Å². The number of anilines is 1. The number of nitrogens with one attached hydrogen (secondary N) is 2. The van der Waals surface area contributed by atoms with Crippen LogP contribution in [0.1, 0.15) is 33.6 Å². The summed E-state index contributed by atoms with van der Waals surface area (Å²) in [6, 6.07) is 16.2. The van der Waals surface area contributed by atoms with Crippen LogP contribution in [0.4, 0.5) is 14.5 Å². The second-order valence-corrected chi connectivity index (χ2v) is 9.85. The van der Waals surface area contributed by atoms with Gasteiger partial charge in [-0.2, -0.15) is 0 Å². The van der Waals surface area contributed by atoms with E-state index in [1.165, 1.54) is 7.11 Å². The monoisotopic (exact) mass is 521 g/mol. The van der Waals surface area contributed by atoms with Crippen molar-refractivity contribution in [2.75, 3.05) is 19.0 Å². The summed E-state index contributed by atoms with van der Waals surface area (Å²) in [6.45, 7) is 0.372. The first kappa shape index (κ1) is 23.5. The molecule has 6 rings (SSSR count). The van der Waals surface area contributed by atoms with Gasteiger partial charge in [0.15, 0.2) is 0 Å². The zero-order valence-corrected chi connectivity index (χ0v) is 20.5. The van der Waals surface area contributed by atoms with E-state index in [9.17, 15) is 18.4 Å². The predicted molar refractivity (Wildman–Crippen MR) is 136 cm³/mol. The molecule has 0 radical (unpaired) electrons. The lowest BCUT2D eigenvalue weighted by molar-refractivity contribution is -0.131. The minimum Gasteiger partial charge on any atom is -0.464 e. The number of benzene rings is 3. The van der Waals surface area contributed by atoms with Gasteiger partial charge >= 0.3 is 5.97 Å². The van der Waals surface area contributed by atoms with Crippen molar-refractivity contribution in [3.8, 4) is 0 Å². The first-order chi connectivity index (χ1) is 17.8. The van der Waals surface area contributed by atoms with Gasteiger partial charge in [0, 0.05) is 39.8 Å². The molecule has 1 amide bonds. The van der Waals surface area contributed by atoms with Crippen LogP contribution in [0.25, 0.3) is 10.9 Å². The third-order valence-electron chi connectivity index (χ3n) is 7.42. The second kappa shape index (κ2) is 8.59. The molecule has 1 aromatic heterocycles. The highest BCUT2D eigenvalue weighted by Gasteiger charge is 2.58. The molecule has 0 bridgehead atoms. The van der Waals surface area contributed by atoms with E-state index in [1.54, 1.807) is 11.0 Å². The molecule has 0 spiro atoms. The fourth-order valence-corrected chi connectivity index (χ4v) is 6.17. The van der Waals surface area contributed by atoms with E-state index in [4.69, 9.17) is 16.3 Å². The Hall–Kier alpha value is -3.91. The van der Waals surface area contributed by atoms with E-state index < -0.39 is 29.2 Å². The second-order valence-electron chi connectivity index (χ2n) is 9.41. The maximum absolute atomic E-state index is 13.8. The third-order valence-corrected chi connectivity index (χ3v) is 7.65. The normalized spacial score (nSPS) is 20.0. The van der Waals surface area contributed by atoms with Crippen molar-refractivity contribution in [3.05, 3.63) is 99.7 Å². The molecule has 1 saturated heterocycles. The number of ether oxygens (including phenoxy) is 1. The van der Waals surface area contributed by atoms with Gasteiger partial charge in [-0.15, -0.1) is 0 Å². The number of aromatic amines is 1. The highest BCUT2D eigenvalue weighted by Crippen LogP contribution is 2.55. The van der Waals surface area contributed by atoms with Gasteiger partial charge in [0.1, 0.15) is 23.5 Å². The largest absolute Gasteiger partial charge is 0.464 e. The van der Waals surface area contributed by atoms with Crippen molar-refractivity contribution < 1.29 is 23.1 Å². The number of carbonyl (C=O) groups excluding carboxylic acids is 2. The van der Waals surface area contributed by atoms with Gasteiger partial charge in [0.2, 0.25) is 5.91 Å². The van der Waals surface area contributed by atoms with E-state index >= 15 is 0 Å². The summed E-state index contributed by atoms with van der Waals surface area (Å²) >= 11 is 6.38. The quantitative estimate of drug-likeness (QED) is 0.353. The number of rotatable bonds is 4. The van der Waals surface area contributed by atoms with Gasteiger partial charge in [-0.1, -0.05) is 29.8 Å². The number of methoxy groups -OCH3 is 1. The van der Waals surface area contributed by atoms with Crippen LogP contribution in [-0.2, 0) is 21.4 Å². The standard InChI is InChI=1S/C28H22ClF2N3O3/c1-37-26(36)25-24(19-13-16(29)6-7-21(19)32-25)28-8-9-34(27(28)33-22-5-3-2-4-20(22)28)23(35)12-15-10-17(30)14-18(31)11-15/h2-7,10-11,13-14,27,32-33H,8-9,12H2,1H3. The number of para-hydroxylation sites is 1. The molecule has 3 aromatic carbocycles. The molecule has 2 aliphatic rings. The van der Waals surface area contributed by atoms with E-state index in [1.807, 2.05) is 36.4 Å². The van der Waals surface area contributed by atoms with Crippen LogP contribution in [0, 0.1) is 11.6 Å². The highest BCUT2D eigenvalue weighted by atomic mass is 35.5. The van der Waals surface area contributed by atoms with Gasteiger partial charge in [-0.25, -0.2) is 13.6 Å². The Morgan fingerprint density at radius 3 is 2.62 bits per heavy atom. The summed E-state index contributed by atoms with van der Waals surface area (Å²) in [5.41, 5.74) is 2.96. The number of H-pyrrole nitrogens is 1. The Labute approximate surface area is 216 Å². The summed E-state index contributed by atoms with van der Waals surface area (Å²) in [5, 5.41) is 4.76. The first-order valence-electron chi connectivity index (χ1n) is 11.8. The summed E-state index contributed by atoms with van der Waals surface area (Å²) in [7, 11) is 1.32. The molecule has 2 atom stereocenters. The summed E-state index contributed by atoms with van der Waals surface area (Å²) in [6.07, 6.45) is -0.200. The maximum atomic E-state index is 13.8. The minimum atomic E-state index is -0.800. The smallest absolute Gasteiger partial charge is 0.354 e. The highest BCUT2D eigenvalue weighted by molar-refractivity contribution is 6.31. The van der Waals surface area contributed by atoms with Crippen LogP contribution in [-0.4, -0.2) is 41.6 Å². The summed E-state index contributed by atoms with van der Waals surface area (Å²) in [4.78, 5) is 31.5. The molecular weight excluding hydrogens is 500 g/mol. The maximum Gasteiger partial charge on any atom is 0.354 e. The predicted octanol–water partition coefficient (Wildman–Crippen LogP) is 5.40. The average Bonchev–Trinajstić information content (AvgIpc) is 3.51. The van der Waals surface area contributed by atoms with Crippen LogP contribution < -0.4 is 5.32 Å². The van der Waals surface area contributed by atoms with Crippen LogP contribution in [0.2, 0.25) is 5.02 Å². The zero-order chi connectivity index (χ0) is 25.9. The number of esters is 1. The summed E-state index contributed by atoms with van der Waals surface area (Å²) in [5.74, 6) is -2.28. The average molecular weight is 522 g/mol. The van der Waals surface area contributed by atoms with Crippen molar-refractivity contribution in [1.29, 1.82) is 0 Å². The fourth-order valence-electron chi connectivity index (χ4n) is 5.99. The number of likely N-dealkylation sites (tertiary alicyclic amines) is 1. The van der Waals surface area contributed by atoms with Crippen molar-refractivity contribution >= 4 is 40.1 Å². The van der Waals surface area contributed by atoms with Crippen molar-refractivity contribution in [3.63, 3.8) is 0 Å². The lowest BCUT2D eigenvalue weighted by Crippen LogP contribution is -2.47. The zero-order valence-electron chi connectivity index (χ0n) is 19.8. The Morgan fingerprint density at radius 1 is 1.11 bits per heavy atom. The summed E-state index contributed by atoms with van der Waals surface area (Å²) < 4.78 is 32.7. The molecule has 2 unspecified atom stereocenters. The number of hydrogen-bond donors (Lipinski definition) is 2. The number of fused-ring (bicyclic) bond motifs is 4. The Kier molecular flexibility index (Phi) is 5.45. The lowest BCUT2D eigenvalue weighted by Gasteiger charge is -2.33. The fraction of sp³-hybridized carbons (Fsp3) is 0.214. The molecule has 6 nitrogen and oxygen atoms in total. The van der Waals surface area contributed by atoms with Crippen LogP contribution in [0.5, 0.6) is 0 Å². The Balaban J connectivity index is 1.51. The molecule has 2 N–H and O–H groups in total. The number of aromatic nitrogens is 1. The molecule has 1 fully saturated rings. The number of nitrogens with zero attached hydrogens (tertiary/aromatic N) is 1. The van der Waals surface area contributed by atoms with E-state index in [-0.39, 0.29) is 17.9 Å². The Morgan fingerprint density at radius 2 is 1.86 bits per heavy atom. The SMILES string of the molecule is COC(=O)c1[nH]c2ccc(Cl)cc2c1C12CCN(C(=O)Cc3cc(F)cc(F)c3)C1Nc1ccccc12. The van der Waals surface area contributed by atoms with Gasteiger partial charge in [0.25, 0.3) is 0 Å². The van der Waals surface area contributed by atoms with E-state index in [0.717, 1.165) is 40.4 Å². The Bertz CT molecular complexity index is 1570. The van der Waals surface area contributed by atoms with Gasteiger partial charge < -0.3 is 19.9 Å². The number of hydrogen-bond acceptors (Lipinski definition) is 4. The number of carbonyl (C=O) groups is 2. The third kappa shape index (κ3) is 3.58. The molecule has 37 heavy (non-hydrogen) atoms. The van der Waals surface area contributed by atoms with Crippen LogP contribution >= 0.6 is 11.6 Å². The van der Waals surface area contributed by atoms with Crippen molar-refractivity contribution in [2.45, 2.75) is 24.4 Å². The van der Waals surface area contributed by atoms with E-state index in [2.05, 4.69) is 10.3 Å². The molecule has 0 saturated carbocycles. The van der Waals surface area contributed by atoms with Gasteiger partial charge in [-0.3, -0.25) is 4.79 Å². The van der Waals surface area contributed by atoms with E-state index in [0.29, 0.717) is 29.2 Å². The minimum absolute atomic E-state index is 0.164. The van der Waals surface area contributed by atoms with Crippen LogP contribution in [0.15, 0.2) is 60.7 Å².